The van der Waals surface area contributed by atoms with Gasteiger partial charge in [-0.3, -0.25) is 13.9 Å². The molecule has 0 aliphatic carbocycles. The summed E-state index contributed by atoms with van der Waals surface area (Å²) in [5.74, 6) is -0.419. The molecule has 192 valence electrons. The predicted octanol–water partition coefficient (Wildman–Crippen LogP) is 4.53. The standard InChI is InChI=1S/C26H36ClN3O4S/c1-6-20(3)28-26(32)21(4)29(18-22-12-8-7-11-19(22)2)25(31)15-10-16-30(35(5,33)34)24-14-9-13-23(27)17-24/h7-9,11-14,17,20-21H,6,10,15-16,18H2,1-5H3,(H,28,32)/t20-,21-/m1/s1. The van der Waals surface area contributed by atoms with Gasteiger partial charge in [0.15, 0.2) is 0 Å². The minimum Gasteiger partial charge on any atom is -0.352 e. The number of aryl methyl sites for hydroxylation is 1. The molecule has 0 fully saturated rings. The fourth-order valence-corrected chi connectivity index (χ4v) is 4.80. The van der Waals surface area contributed by atoms with Gasteiger partial charge in [-0.2, -0.15) is 0 Å². The van der Waals surface area contributed by atoms with Crippen LogP contribution in [0.5, 0.6) is 0 Å². The van der Waals surface area contributed by atoms with Gasteiger partial charge in [-0.25, -0.2) is 8.42 Å². The van der Waals surface area contributed by atoms with Crippen molar-refractivity contribution < 1.29 is 18.0 Å². The molecule has 2 rings (SSSR count). The highest BCUT2D eigenvalue weighted by molar-refractivity contribution is 7.92. The molecule has 9 heteroatoms. The Morgan fingerprint density at radius 1 is 1.09 bits per heavy atom. The number of carbonyl (C=O) groups excluding carboxylic acids is 2. The molecule has 2 atom stereocenters. The van der Waals surface area contributed by atoms with Gasteiger partial charge in [0.05, 0.1) is 11.9 Å². The predicted molar refractivity (Wildman–Crippen MR) is 142 cm³/mol. The lowest BCUT2D eigenvalue weighted by Gasteiger charge is -2.30. The van der Waals surface area contributed by atoms with E-state index in [9.17, 15) is 18.0 Å². The van der Waals surface area contributed by atoms with E-state index < -0.39 is 16.1 Å². The molecule has 2 aromatic carbocycles. The fraction of sp³-hybridized carbons (Fsp3) is 0.462. The van der Waals surface area contributed by atoms with Crippen LogP contribution in [-0.2, 0) is 26.2 Å². The summed E-state index contributed by atoms with van der Waals surface area (Å²) in [5.41, 5.74) is 2.44. The maximum atomic E-state index is 13.3. The summed E-state index contributed by atoms with van der Waals surface area (Å²) in [6.07, 6.45) is 2.30. The van der Waals surface area contributed by atoms with E-state index in [1.807, 2.05) is 45.0 Å². The van der Waals surface area contributed by atoms with Gasteiger partial charge >= 0.3 is 0 Å². The molecule has 35 heavy (non-hydrogen) atoms. The SMILES string of the molecule is CC[C@@H](C)NC(=O)[C@@H](C)N(Cc1ccccc1C)C(=O)CCCN(c1cccc(Cl)c1)S(C)(=O)=O. The Kier molecular flexibility index (Phi) is 10.6. The summed E-state index contributed by atoms with van der Waals surface area (Å²) in [5, 5.41) is 3.38. The zero-order valence-corrected chi connectivity index (χ0v) is 22.7. The normalized spacial score (nSPS) is 13.1. The van der Waals surface area contributed by atoms with E-state index in [0.29, 0.717) is 23.7 Å². The Morgan fingerprint density at radius 3 is 2.37 bits per heavy atom. The van der Waals surface area contributed by atoms with E-state index in [-0.39, 0.29) is 30.8 Å². The van der Waals surface area contributed by atoms with Crippen LogP contribution in [0, 0.1) is 6.92 Å². The van der Waals surface area contributed by atoms with E-state index in [1.54, 1.807) is 36.1 Å². The third-order valence-electron chi connectivity index (χ3n) is 6.02. The maximum absolute atomic E-state index is 13.3. The van der Waals surface area contributed by atoms with Crippen molar-refractivity contribution in [2.45, 2.75) is 65.6 Å². The van der Waals surface area contributed by atoms with E-state index >= 15 is 0 Å². The molecule has 0 aromatic heterocycles. The van der Waals surface area contributed by atoms with Crippen LogP contribution in [0.15, 0.2) is 48.5 Å². The lowest BCUT2D eigenvalue weighted by Crippen LogP contribution is -2.49. The van der Waals surface area contributed by atoms with Gasteiger partial charge in [-0.05, 0) is 62.9 Å². The minimum absolute atomic E-state index is 0.00128. The van der Waals surface area contributed by atoms with Crippen molar-refractivity contribution in [2.24, 2.45) is 0 Å². The molecule has 0 saturated heterocycles. The summed E-state index contributed by atoms with van der Waals surface area (Å²) in [4.78, 5) is 27.8. The maximum Gasteiger partial charge on any atom is 0.242 e. The first-order valence-electron chi connectivity index (χ1n) is 11.8. The molecule has 0 radical (unpaired) electrons. The van der Waals surface area contributed by atoms with Crippen molar-refractivity contribution in [3.8, 4) is 0 Å². The molecule has 0 aliphatic rings. The Balaban J connectivity index is 2.19. The largest absolute Gasteiger partial charge is 0.352 e. The Morgan fingerprint density at radius 2 is 1.77 bits per heavy atom. The van der Waals surface area contributed by atoms with Gasteiger partial charge in [-0.15, -0.1) is 0 Å². The van der Waals surface area contributed by atoms with Crippen molar-refractivity contribution in [3.05, 3.63) is 64.7 Å². The summed E-state index contributed by atoms with van der Waals surface area (Å²) in [7, 11) is -3.57. The minimum atomic E-state index is -3.57. The molecule has 2 amide bonds. The first kappa shape index (κ1) is 28.7. The average molecular weight is 522 g/mol. The van der Waals surface area contributed by atoms with Crippen LogP contribution < -0.4 is 9.62 Å². The quantitative estimate of drug-likeness (QED) is 0.444. The molecule has 0 bridgehead atoms. The van der Waals surface area contributed by atoms with Crippen molar-refractivity contribution in [2.75, 3.05) is 17.1 Å². The lowest BCUT2D eigenvalue weighted by atomic mass is 10.1. The molecule has 2 aromatic rings. The number of hydrogen-bond acceptors (Lipinski definition) is 4. The van der Waals surface area contributed by atoms with E-state index in [2.05, 4.69) is 5.32 Å². The molecule has 0 saturated carbocycles. The van der Waals surface area contributed by atoms with Crippen molar-refractivity contribution in [3.63, 3.8) is 0 Å². The molecule has 0 heterocycles. The zero-order chi connectivity index (χ0) is 26.2. The molecule has 1 N–H and O–H groups in total. The summed E-state index contributed by atoms with van der Waals surface area (Å²) < 4.78 is 26.0. The summed E-state index contributed by atoms with van der Waals surface area (Å²) >= 11 is 6.05. The van der Waals surface area contributed by atoms with Crippen LogP contribution in [0.3, 0.4) is 0 Å². The number of benzene rings is 2. The third-order valence-corrected chi connectivity index (χ3v) is 7.45. The van der Waals surface area contributed by atoms with Crippen molar-refractivity contribution in [1.29, 1.82) is 0 Å². The van der Waals surface area contributed by atoms with Gasteiger partial charge in [0.1, 0.15) is 6.04 Å². The van der Waals surface area contributed by atoms with Gasteiger partial charge in [0, 0.05) is 30.6 Å². The average Bonchev–Trinajstić information content (AvgIpc) is 2.79. The number of nitrogens with zero attached hydrogens (tertiary/aromatic N) is 2. The molecule has 0 spiro atoms. The molecular weight excluding hydrogens is 486 g/mol. The van der Waals surface area contributed by atoms with Gasteiger partial charge < -0.3 is 10.2 Å². The lowest BCUT2D eigenvalue weighted by molar-refractivity contribution is -0.140. The second kappa shape index (κ2) is 12.9. The first-order valence-corrected chi connectivity index (χ1v) is 14.0. The van der Waals surface area contributed by atoms with Gasteiger partial charge in [0.25, 0.3) is 0 Å². The fourth-order valence-electron chi connectivity index (χ4n) is 3.65. The number of carbonyl (C=O) groups is 2. The second-order valence-electron chi connectivity index (χ2n) is 8.86. The number of hydrogen-bond donors (Lipinski definition) is 1. The molecular formula is C26H36ClN3O4S. The number of amides is 2. The van der Waals surface area contributed by atoms with Crippen LogP contribution in [0.25, 0.3) is 0 Å². The Labute approximate surface area is 214 Å². The van der Waals surface area contributed by atoms with Gasteiger partial charge in [-0.1, -0.05) is 48.9 Å². The zero-order valence-electron chi connectivity index (χ0n) is 21.1. The molecule has 7 nitrogen and oxygen atoms in total. The second-order valence-corrected chi connectivity index (χ2v) is 11.2. The van der Waals surface area contributed by atoms with E-state index in [4.69, 9.17) is 11.6 Å². The highest BCUT2D eigenvalue weighted by Gasteiger charge is 2.27. The third kappa shape index (κ3) is 8.54. The monoisotopic (exact) mass is 521 g/mol. The number of nitrogens with one attached hydrogen (secondary N) is 1. The van der Waals surface area contributed by atoms with Crippen LogP contribution >= 0.6 is 11.6 Å². The molecule has 0 unspecified atom stereocenters. The van der Waals surface area contributed by atoms with Crippen molar-refractivity contribution in [1.82, 2.24) is 10.2 Å². The number of rotatable bonds is 12. The van der Waals surface area contributed by atoms with Crippen LogP contribution in [0.2, 0.25) is 5.02 Å². The topological polar surface area (TPSA) is 86.8 Å². The smallest absolute Gasteiger partial charge is 0.242 e. The van der Waals surface area contributed by atoms with E-state index in [1.165, 1.54) is 4.31 Å². The van der Waals surface area contributed by atoms with E-state index in [0.717, 1.165) is 23.8 Å². The summed E-state index contributed by atoms with van der Waals surface area (Å²) in [6, 6.07) is 13.7. The summed E-state index contributed by atoms with van der Waals surface area (Å²) in [6.45, 7) is 8.02. The van der Waals surface area contributed by atoms with Crippen LogP contribution in [-0.4, -0.2) is 50.0 Å². The Bertz CT molecular complexity index is 1120. The number of sulfonamides is 1. The van der Waals surface area contributed by atoms with Crippen LogP contribution in [0.4, 0.5) is 5.69 Å². The van der Waals surface area contributed by atoms with Crippen molar-refractivity contribution >= 4 is 39.1 Å². The number of anilines is 1. The van der Waals surface area contributed by atoms with Gasteiger partial charge in [0.2, 0.25) is 21.8 Å². The molecule has 0 aliphatic heterocycles. The highest BCUT2D eigenvalue weighted by atomic mass is 35.5. The number of halogens is 1. The Hall–Kier alpha value is -2.58. The van der Waals surface area contributed by atoms with Crippen LogP contribution in [0.1, 0.15) is 51.2 Å². The first-order chi connectivity index (χ1) is 16.4. The highest BCUT2D eigenvalue weighted by Crippen LogP contribution is 2.23.